The molecule has 0 unspecified atom stereocenters. The maximum absolute atomic E-state index is 12.8. The van der Waals surface area contributed by atoms with Crippen molar-refractivity contribution in [3.63, 3.8) is 0 Å². The number of aryl methyl sites for hydroxylation is 1. The Morgan fingerprint density at radius 2 is 2.04 bits per heavy atom. The number of aromatic nitrogens is 2. The molecule has 146 valence electrons. The Kier molecular flexibility index (Phi) is 6.74. The third kappa shape index (κ3) is 5.20. The summed E-state index contributed by atoms with van der Waals surface area (Å²) in [6.07, 6.45) is 2.76. The fourth-order valence-corrected chi connectivity index (χ4v) is 5.99. The van der Waals surface area contributed by atoms with Gasteiger partial charge >= 0.3 is 0 Å². The summed E-state index contributed by atoms with van der Waals surface area (Å²) in [6.45, 7) is 2.88. The zero-order chi connectivity index (χ0) is 19.4. The Morgan fingerprint density at radius 1 is 1.30 bits per heavy atom. The minimum atomic E-state index is -3.59. The van der Waals surface area contributed by atoms with E-state index in [1.54, 1.807) is 0 Å². The summed E-state index contributed by atoms with van der Waals surface area (Å²) < 4.78 is 27.8. The van der Waals surface area contributed by atoms with Crippen molar-refractivity contribution < 1.29 is 13.2 Å². The van der Waals surface area contributed by atoms with E-state index in [9.17, 15) is 13.2 Å². The van der Waals surface area contributed by atoms with Crippen LogP contribution in [0.15, 0.2) is 27.4 Å². The first-order valence-corrected chi connectivity index (χ1v) is 12.0. The lowest BCUT2D eigenvalue weighted by molar-refractivity contribution is -0.113. The molecule has 1 aromatic carbocycles. The molecule has 1 aliphatic heterocycles. The zero-order valence-corrected chi connectivity index (χ0v) is 17.8. The van der Waals surface area contributed by atoms with Gasteiger partial charge in [0.1, 0.15) is 5.01 Å². The average Bonchev–Trinajstić information content (AvgIpc) is 3.08. The Balaban J connectivity index is 1.70. The van der Waals surface area contributed by atoms with E-state index >= 15 is 0 Å². The van der Waals surface area contributed by atoms with Gasteiger partial charge in [0.25, 0.3) is 0 Å². The van der Waals surface area contributed by atoms with E-state index in [1.807, 2.05) is 6.92 Å². The molecule has 1 fully saturated rings. The van der Waals surface area contributed by atoms with Crippen LogP contribution in [0, 0.1) is 6.92 Å². The van der Waals surface area contributed by atoms with Crippen LogP contribution in [0.5, 0.6) is 0 Å². The number of nitrogens with one attached hydrogen (secondary N) is 1. The van der Waals surface area contributed by atoms with E-state index < -0.39 is 10.0 Å². The number of amides is 1. The standard InChI is InChI=1S/C16H19ClN4O3S3/c1-11-19-20-16(26-11)25-10-15(22)18-14-9-12(5-6-13(14)17)27(23,24)21-7-3-2-4-8-21/h5-6,9H,2-4,7-8,10H2,1H3,(H,18,22). The molecule has 0 atom stereocenters. The van der Waals surface area contributed by atoms with Gasteiger partial charge in [0.2, 0.25) is 15.9 Å². The average molecular weight is 447 g/mol. The first-order valence-electron chi connectivity index (χ1n) is 8.39. The summed E-state index contributed by atoms with van der Waals surface area (Å²) >= 11 is 8.83. The van der Waals surface area contributed by atoms with Gasteiger partial charge in [-0.15, -0.1) is 10.2 Å². The lowest BCUT2D eigenvalue weighted by Crippen LogP contribution is -2.35. The highest BCUT2D eigenvalue weighted by molar-refractivity contribution is 8.01. The van der Waals surface area contributed by atoms with Crippen LogP contribution >= 0.6 is 34.7 Å². The molecule has 0 bridgehead atoms. The number of halogens is 1. The normalized spacial score (nSPS) is 15.6. The molecule has 2 aromatic rings. The van der Waals surface area contributed by atoms with Gasteiger partial charge in [0.15, 0.2) is 4.34 Å². The number of thioether (sulfide) groups is 1. The number of carbonyl (C=O) groups excluding carboxylic acids is 1. The molecule has 0 saturated carbocycles. The summed E-state index contributed by atoms with van der Waals surface area (Å²) in [5.41, 5.74) is 0.286. The second-order valence-electron chi connectivity index (χ2n) is 6.03. The highest BCUT2D eigenvalue weighted by atomic mass is 35.5. The van der Waals surface area contributed by atoms with Gasteiger partial charge in [-0.25, -0.2) is 8.42 Å². The van der Waals surface area contributed by atoms with Crippen molar-refractivity contribution >= 4 is 56.3 Å². The van der Waals surface area contributed by atoms with Crippen LogP contribution in [-0.4, -0.2) is 47.7 Å². The Hall–Kier alpha value is -1.20. The van der Waals surface area contributed by atoms with Crippen molar-refractivity contribution in [3.05, 3.63) is 28.2 Å². The number of nitrogens with zero attached hydrogens (tertiary/aromatic N) is 3. The Bertz CT molecular complexity index is 927. The van der Waals surface area contributed by atoms with E-state index in [0.29, 0.717) is 17.4 Å². The maximum atomic E-state index is 12.8. The Morgan fingerprint density at radius 3 is 2.70 bits per heavy atom. The van der Waals surface area contributed by atoms with E-state index in [4.69, 9.17) is 11.6 Å². The number of sulfonamides is 1. The Labute approximate surface area is 171 Å². The molecule has 3 rings (SSSR count). The van der Waals surface area contributed by atoms with Crippen LogP contribution in [0.4, 0.5) is 5.69 Å². The van der Waals surface area contributed by atoms with Crippen molar-refractivity contribution in [2.45, 2.75) is 35.4 Å². The number of anilines is 1. The van der Waals surface area contributed by atoms with Gasteiger partial charge in [-0.3, -0.25) is 4.79 Å². The lowest BCUT2D eigenvalue weighted by Gasteiger charge is -2.26. The van der Waals surface area contributed by atoms with Gasteiger partial charge in [0, 0.05) is 13.1 Å². The third-order valence-electron chi connectivity index (χ3n) is 4.00. The number of hydrogen-bond donors (Lipinski definition) is 1. The monoisotopic (exact) mass is 446 g/mol. The second kappa shape index (κ2) is 8.87. The first-order chi connectivity index (χ1) is 12.9. The molecular weight excluding hydrogens is 428 g/mol. The van der Waals surface area contributed by atoms with E-state index in [1.165, 1.54) is 45.6 Å². The van der Waals surface area contributed by atoms with Gasteiger partial charge < -0.3 is 5.32 Å². The summed E-state index contributed by atoms with van der Waals surface area (Å²) in [7, 11) is -3.59. The van der Waals surface area contributed by atoms with Crippen molar-refractivity contribution in [1.82, 2.24) is 14.5 Å². The molecule has 1 aromatic heterocycles. The molecule has 1 N–H and O–H groups in total. The van der Waals surface area contributed by atoms with Crippen molar-refractivity contribution in [1.29, 1.82) is 0 Å². The number of benzene rings is 1. The first kappa shape index (κ1) is 20.5. The highest BCUT2D eigenvalue weighted by Gasteiger charge is 2.26. The molecule has 0 aliphatic carbocycles. The third-order valence-corrected chi connectivity index (χ3v) is 8.20. The molecule has 2 heterocycles. The van der Waals surface area contributed by atoms with E-state index in [-0.39, 0.29) is 27.3 Å². The molecule has 27 heavy (non-hydrogen) atoms. The molecule has 11 heteroatoms. The SMILES string of the molecule is Cc1nnc(SCC(=O)Nc2cc(S(=O)(=O)N3CCCCC3)ccc2Cl)s1. The van der Waals surface area contributed by atoms with Crippen LogP contribution < -0.4 is 5.32 Å². The summed E-state index contributed by atoms with van der Waals surface area (Å²) in [5.74, 6) is -0.157. The molecule has 1 saturated heterocycles. The summed E-state index contributed by atoms with van der Waals surface area (Å²) in [4.78, 5) is 12.3. The minimum absolute atomic E-state index is 0.133. The fraction of sp³-hybridized carbons (Fsp3) is 0.438. The van der Waals surface area contributed by atoms with Gasteiger partial charge in [-0.1, -0.05) is 41.1 Å². The minimum Gasteiger partial charge on any atom is -0.324 e. The molecule has 1 amide bonds. The predicted octanol–water partition coefficient (Wildman–Crippen LogP) is 3.41. The molecule has 0 radical (unpaired) electrons. The second-order valence-corrected chi connectivity index (χ2v) is 10.8. The predicted molar refractivity (Wildman–Crippen MR) is 108 cm³/mol. The van der Waals surface area contributed by atoms with Crippen LogP contribution in [0.2, 0.25) is 5.02 Å². The van der Waals surface area contributed by atoms with Crippen molar-refractivity contribution in [2.24, 2.45) is 0 Å². The van der Waals surface area contributed by atoms with Crippen LogP contribution in [0.3, 0.4) is 0 Å². The summed E-state index contributed by atoms with van der Waals surface area (Å²) in [5, 5.41) is 11.7. The summed E-state index contributed by atoms with van der Waals surface area (Å²) in [6, 6.07) is 4.39. The fourth-order valence-electron chi connectivity index (χ4n) is 2.67. The molecule has 7 nitrogen and oxygen atoms in total. The molecule has 0 spiro atoms. The number of rotatable bonds is 6. The zero-order valence-electron chi connectivity index (χ0n) is 14.6. The quantitative estimate of drug-likeness (QED) is 0.683. The largest absolute Gasteiger partial charge is 0.324 e. The van der Waals surface area contributed by atoms with Crippen molar-refractivity contribution in [3.8, 4) is 0 Å². The topological polar surface area (TPSA) is 92.3 Å². The number of carbonyl (C=O) groups is 1. The van der Waals surface area contributed by atoms with Crippen LogP contribution in [0.25, 0.3) is 0 Å². The maximum Gasteiger partial charge on any atom is 0.243 e. The van der Waals surface area contributed by atoms with Crippen molar-refractivity contribution in [2.75, 3.05) is 24.2 Å². The van der Waals surface area contributed by atoms with Gasteiger partial charge in [-0.05, 0) is 38.0 Å². The van der Waals surface area contributed by atoms with Crippen LogP contribution in [0.1, 0.15) is 24.3 Å². The highest BCUT2D eigenvalue weighted by Crippen LogP contribution is 2.29. The van der Waals surface area contributed by atoms with Gasteiger partial charge in [-0.2, -0.15) is 4.31 Å². The lowest BCUT2D eigenvalue weighted by atomic mass is 10.2. The van der Waals surface area contributed by atoms with Crippen LogP contribution in [-0.2, 0) is 14.8 Å². The molecular formula is C16H19ClN4O3S3. The smallest absolute Gasteiger partial charge is 0.243 e. The number of piperidine rings is 1. The van der Waals surface area contributed by atoms with E-state index in [0.717, 1.165) is 24.3 Å². The molecule has 1 aliphatic rings. The van der Waals surface area contributed by atoms with E-state index in [2.05, 4.69) is 15.5 Å². The number of hydrogen-bond acceptors (Lipinski definition) is 7. The van der Waals surface area contributed by atoms with Gasteiger partial charge in [0.05, 0.1) is 21.4 Å².